The van der Waals surface area contributed by atoms with Crippen LogP contribution in [0.2, 0.25) is 0 Å². The van der Waals surface area contributed by atoms with Crippen LogP contribution in [0.5, 0.6) is 0 Å². The van der Waals surface area contributed by atoms with Crippen LogP contribution in [-0.4, -0.2) is 17.8 Å². The first-order chi connectivity index (χ1) is 8.66. The molecule has 0 saturated heterocycles. The highest BCUT2D eigenvalue weighted by Crippen LogP contribution is 2.24. The Hall–Kier alpha value is -0.380. The van der Waals surface area contributed by atoms with E-state index in [4.69, 9.17) is 0 Å². The van der Waals surface area contributed by atoms with E-state index in [1.165, 1.54) is 28.4 Å². The number of hydrogen-bond donors (Lipinski definition) is 2. The standard InChI is InChI=1S/C15H22BrNO/c1-11-6-7-12(14(16)8-11)9-17-10-13-4-2-3-5-15(13)18/h6-8,13,15,17-18H,2-5,9-10H2,1H3. The summed E-state index contributed by atoms with van der Waals surface area (Å²) >= 11 is 3.60. The summed E-state index contributed by atoms with van der Waals surface area (Å²) in [6.45, 7) is 3.88. The molecule has 3 heteroatoms. The molecule has 1 aromatic rings. The number of aliphatic hydroxyl groups is 1. The number of hydrogen-bond acceptors (Lipinski definition) is 2. The summed E-state index contributed by atoms with van der Waals surface area (Å²) in [5, 5.41) is 13.4. The molecule has 0 heterocycles. The molecule has 0 spiro atoms. The number of rotatable bonds is 4. The van der Waals surface area contributed by atoms with Crippen molar-refractivity contribution in [3.63, 3.8) is 0 Å². The monoisotopic (exact) mass is 311 g/mol. The zero-order valence-corrected chi connectivity index (χ0v) is 12.5. The number of benzene rings is 1. The van der Waals surface area contributed by atoms with Gasteiger partial charge in [0.15, 0.2) is 0 Å². The lowest BCUT2D eigenvalue weighted by Gasteiger charge is -2.27. The van der Waals surface area contributed by atoms with E-state index in [1.807, 2.05) is 0 Å². The van der Waals surface area contributed by atoms with E-state index < -0.39 is 0 Å². The van der Waals surface area contributed by atoms with Gasteiger partial charge in [0.25, 0.3) is 0 Å². The minimum absolute atomic E-state index is 0.104. The summed E-state index contributed by atoms with van der Waals surface area (Å²) in [6, 6.07) is 6.44. The predicted octanol–water partition coefficient (Wildman–Crippen LogP) is 3.40. The van der Waals surface area contributed by atoms with E-state index in [2.05, 4.69) is 46.4 Å². The van der Waals surface area contributed by atoms with Gasteiger partial charge in [0.05, 0.1) is 6.10 Å². The number of nitrogens with one attached hydrogen (secondary N) is 1. The lowest BCUT2D eigenvalue weighted by molar-refractivity contribution is 0.0695. The molecule has 1 aliphatic carbocycles. The first-order valence-electron chi connectivity index (χ1n) is 6.80. The number of aryl methyl sites for hydroxylation is 1. The van der Waals surface area contributed by atoms with Crippen LogP contribution in [-0.2, 0) is 6.54 Å². The lowest BCUT2D eigenvalue weighted by atomic mass is 9.86. The highest BCUT2D eigenvalue weighted by Gasteiger charge is 2.22. The fourth-order valence-corrected chi connectivity index (χ4v) is 3.25. The van der Waals surface area contributed by atoms with Crippen LogP contribution >= 0.6 is 15.9 Å². The molecule has 1 aliphatic rings. The first-order valence-corrected chi connectivity index (χ1v) is 7.60. The normalized spacial score (nSPS) is 24.2. The SMILES string of the molecule is Cc1ccc(CNCC2CCCCC2O)c(Br)c1. The average molecular weight is 312 g/mol. The second-order valence-corrected chi connectivity index (χ2v) is 6.19. The van der Waals surface area contributed by atoms with E-state index in [-0.39, 0.29) is 6.10 Å². The Bertz CT molecular complexity index is 394. The zero-order valence-electron chi connectivity index (χ0n) is 11.0. The zero-order chi connectivity index (χ0) is 13.0. The minimum atomic E-state index is -0.104. The summed E-state index contributed by atoms with van der Waals surface area (Å²) < 4.78 is 1.17. The molecule has 0 amide bonds. The molecule has 2 rings (SSSR count). The van der Waals surface area contributed by atoms with Gasteiger partial charge in [0.1, 0.15) is 0 Å². The Balaban J connectivity index is 1.81. The van der Waals surface area contributed by atoms with Crippen LogP contribution < -0.4 is 5.32 Å². The maximum atomic E-state index is 9.91. The van der Waals surface area contributed by atoms with Crippen molar-refractivity contribution in [3.8, 4) is 0 Å². The van der Waals surface area contributed by atoms with Crippen molar-refractivity contribution in [2.45, 2.75) is 45.3 Å². The van der Waals surface area contributed by atoms with Crippen molar-refractivity contribution >= 4 is 15.9 Å². The van der Waals surface area contributed by atoms with Crippen molar-refractivity contribution in [2.24, 2.45) is 5.92 Å². The fraction of sp³-hybridized carbons (Fsp3) is 0.600. The molecule has 1 saturated carbocycles. The van der Waals surface area contributed by atoms with Crippen molar-refractivity contribution in [3.05, 3.63) is 33.8 Å². The Morgan fingerprint density at radius 1 is 1.33 bits per heavy atom. The molecule has 0 aliphatic heterocycles. The van der Waals surface area contributed by atoms with E-state index >= 15 is 0 Å². The fourth-order valence-electron chi connectivity index (χ4n) is 2.61. The molecule has 18 heavy (non-hydrogen) atoms. The highest BCUT2D eigenvalue weighted by atomic mass is 79.9. The molecular formula is C15H22BrNO. The van der Waals surface area contributed by atoms with Crippen LogP contribution in [0.25, 0.3) is 0 Å². The maximum Gasteiger partial charge on any atom is 0.0580 e. The third-order valence-electron chi connectivity index (χ3n) is 3.80. The molecule has 2 unspecified atom stereocenters. The average Bonchev–Trinajstić information content (AvgIpc) is 2.34. The van der Waals surface area contributed by atoms with Gasteiger partial charge in [-0.15, -0.1) is 0 Å². The largest absolute Gasteiger partial charge is 0.393 e. The van der Waals surface area contributed by atoms with Crippen LogP contribution in [0, 0.1) is 12.8 Å². The third kappa shape index (κ3) is 3.81. The van der Waals surface area contributed by atoms with Crippen molar-refractivity contribution in [2.75, 3.05) is 6.54 Å². The Labute approximate surface area is 118 Å². The van der Waals surface area contributed by atoms with Gasteiger partial charge in [-0.25, -0.2) is 0 Å². The molecular weight excluding hydrogens is 290 g/mol. The lowest BCUT2D eigenvalue weighted by Crippen LogP contribution is -2.33. The molecule has 0 aromatic heterocycles. The highest BCUT2D eigenvalue weighted by molar-refractivity contribution is 9.10. The van der Waals surface area contributed by atoms with Crippen molar-refractivity contribution in [1.29, 1.82) is 0 Å². The summed E-state index contributed by atoms with van der Waals surface area (Å²) in [5.41, 5.74) is 2.55. The smallest absolute Gasteiger partial charge is 0.0580 e. The second kappa shape index (κ2) is 6.69. The molecule has 1 aromatic carbocycles. The summed E-state index contributed by atoms with van der Waals surface area (Å²) in [7, 11) is 0. The molecule has 1 fully saturated rings. The molecule has 0 bridgehead atoms. The van der Waals surface area contributed by atoms with E-state index in [9.17, 15) is 5.11 Å². The van der Waals surface area contributed by atoms with E-state index in [0.29, 0.717) is 5.92 Å². The molecule has 2 nitrogen and oxygen atoms in total. The molecule has 0 radical (unpaired) electrons. The van der Waals surface area contributed by atoms with Gasteiger partial charge in [-0.1, -0.05) is 40.9 Å². The van der Waals surface area contributed by atoms with Crippen LogP contribution in [0.3, 0.4) is 0 Å². The predicted molar refractivity (Wildman–Crippen MR) is 78.6 cm³/mol. The van der Waals surface area contributed by atoms with Crippen molar-refractivity contribution < 1.29 is 5.11 Å². The Morgan fingerprint density at radius 2 is 2.11 bits per heavy atom. The maximum absolute atomic E-state index is 9.91. The van der Waals surface area contributed by atoms with Gasteiger partial charge in [-0.3, -0.25) is 0 Å². The van der Waals surface area contributed by atoms with Gasteiger partial charge in [-0.2, -0.15) is 0 Å². The van der Waals surface area contributed by atoms with Crippen LogP contribution in [0.15, 0.2) is 22.7 Å². The van der Waals surface area contributed by atoms with Gasteiger partial charge >= 0.3 is 0 Å². The van der Waals surface area contributed by atoms with Gasteiger partial charge in [0, 0.05) is 17.6 Å². The topological polar surface area (TPSA) is 32.3 Å². The molecule has 2 N–H and O–H groups in total. The quantitative estimate of drug-likeness (QED) is 0.893. The van der Waals surface area contributed by atoms with E-state index in [1.54, 1.807) is 0 Å². The Kier molecular flexibility index (Phi) is 5.22. The number of halogens is 1. The van der Waals surface area contributed by atoms with Gasteiger partial charge < -0.3 is 10.4 Å². The van der Waals surface area contributed by atoms with Crippen LogP contribution in [0.1, 0.15) is 36.8 Å². The summed E-state index contributed by atoms with van der Waals surface area (Å²) in [4.78, 5) is 0. The van der Waals surface area contributed by atoms with Crippen LogP contribution in [0.4, 0.5) is 0 Å². The number of aliphatic hydroxyl groups excluding tert-OH is 1. The summed E-state index contributed by atoms with van der Waals surface area (Å²) in [6.07, 6.45) is 4.47. The van der Waals surface area contributed by atoms with Gasteiger partial charge in [-0.05, 0) is 42.9 Å². The molecule has 2 atom stereocenters. The molecule has 100 valence electrons. The second-order valence-electron chi connectivity index (χ2n) is 5.34. The first kappa shape index (κ1) is 14.0. The Morgan fingerprint density at radius 3 is 2.83 bits per heavy atom. The van der Waals surface area contributed by atoms with Crippen molar-refractivity contribution in [1.82, 2.24) is 5.32 Å². The van der Waals surface area contributed by atoms with Gasteiger partial charge in [0.2, 0.25) is 0 Å². The summed E-state index contributed by atoms with van der Waals surface area (Å²) in [5.74, 6) is 0.433. The minimum Gasteiger partial charge on any atom is -0.393 e. The third-order valence-corrected chi connectivity index (χ3v) is 4.54. The van der Waals surface area contributed by atoms with E-state index in [0.717, 1.165) is 25.9 Å².